The minimum atomic E-state index is -0.0722. The van der Waals surface area contributed by atoms with E-state index >= 15 is 0 Å². The van der Waals surface area contributed by atoms with Gasteiger partial charge in [-0.2, -0.15) is 0 Å². The minimum absolute atomic E-state index is 0.0301. The average Bonchev–Trinajstić information content (AvgIpc) is 1.62. The fraction of sp³-hybridized carbons (Fsp3) is 0.857. The molecule has 0 heterocycles. The molecule has 0 radical (unpaired) electrons. The summed E-state index contributed by atoms with van der Waals surface area (Å²) in [5.74, 6) is 0.0301. The van der Waals surface area contributed by atoms with E-state index in [4.69, 9.17) is 1.37 Å². The van der Waals surface area contributed by atoms with E-state index in [1.807, 2.05) is 20.8 Å². The second-order valence-electron chi connectivity index (χ2n) is 3.28. The molecule has 0 saturated carbocycles. The molecule has 0 atom stereocenters. The van der Waals surface area contributed by atoms with Gasteiger partial charge in [0.25, 0.3) is 0 Å². The lowest BCUT2D eigenvalue weighted by Gasteiger charge is -2.14. The van der Waals surface area contributed by atoms with Crippen molar-refractivity contribution in [3.8, 4) is 0 Å². The largest absolute Gasteiger partial charge is 0.300 e. The van der Waals surface area contributed by atoms with Crippen molar-refractivity contribution in [2.45, 2.75) is 34.1 Å². The summed E-state index contributed by atoms with van der Waals surface area (Å²) in [5.41, 5.74) is 0.0537. The van der Waals surface area contributed by atoms with E-state index in [-0.39, 0.29) is 18.1 Å². The van der Waals surface area contributed by atoms with Gasteiger partial charge in [-0.1, -0.05) is 20.8 Å². The highest BCUT2D eigenvalue weighted by molar-refractivity contribution is 5.76. The summed E-state index contributed by atoms with van der Waals surface area (Å²) in [4.78, 5) is 10.6. The van der Waals surface area contributed by atoms with Gasteiger partial charge >= 0.3 is 0 Å². The van der Waals surface area contributed by atoms with E-state index < -0.39 is 0 Å². The van der Waals surface area contributed by atoms with Gasteiger partial charge in [-0.15, -0.1) is 0 Å². The van der Waals surface area contributed by atoms with Gasteiger partial charge in [0.15, 0.2) is 0 Å². The number of carbonyl (C=O) groups excluding carboxylic acids is 1. The highest BCUT2D eigenvalue weighted by Crippen LogP contribution is 2.17. The smallest absolute Gasteiger partial charge is 0.130 e. The molecule has 0 aromatic heterocycles. The molecule has 0 aromatic carbocycles. The number of hydrogen-bond acceptors (Lipinski definition) is 1. The summed E-state index contributed by atoms with van der Waals surface area (Å²) in [6.45, 7) is 5.93. The van der Waals surface area contributed by atoms with Crippen LogP contribution in [0.1, 0.15) is 35.5 Å². The third kappa shape index (κ3) is 5.67. The average molecular weight is 115 g/mol. The van der Waals surface area contributed by atoms with Crippen LogP contribution in [0.2, 0.25) is 0 Å². The summed E-state index contributed by atoms with van der Waals surface area (Å²) in [7, 11) is 0. The lowest BCUT2D eigenvalue weighted by molar-refractivity contribution is -0.118. The van der Waals surface area contributed by atoms with Crippen LogP contribution in [0.4, 0.5) is 0 Å². The molecule has 0 saturated heterocycles. The quantitative estimate of drug-likeness (QED) is 0.511. The van der Waals surface area contributed by atoms with Crippen LogP contribution in [0.15, 0.2) is 0 Å². The SMILES string of the molecule is [2H]CC(=O)CC(C)(C)C. The third-order valence-electron chi connectivity index (χ3n) is 0.727. The third-order valence-corrected chi connectivity index (χ3v) is 0.727. The molecule has 0 amide bonds. The summed E-state index contributed by atoms with van der Waals surface area (Å²) >= 11 is 0. The van der Waals surface area contributed by atoms with Crippen LogP contribution in [0.3, 0.4) is 0 Å². The molecule has 8 heavy (non-hydrogen) atoms. The van der Waals surface area contributed by atoms with Gasteiger partial charge in [0.1, 0.15) is 5.78 Å². The van der Waals surface area contributed by atoms with Gasteiger partial charge < -0.3 is 4.79 Å². The Labute approximate surface area is 52.5 Å². The van der Waals surface area contributed by atoms with E-state index in [1.54, 1.807) is 0 Å². The number of hydrogen-bond donors (Lipinski definition) is 0. The lowest BCUT2D eigenvalue weighted by atomic mass is 9.91. The molecule has 1 nitrogen and oxygen atoms in total. The fourth-order valence-corrected chi connectivity index (χ4v) is 0.592. The summed E-state index contributed by atoms with van der Waals surface area (Å²) in [6, 6.07) is 0. The maximum Gasteiger partial charge on any atom is 0.130 e. The molecule has 0 aromatic rings. The lowest BCUT2D eigenvalue weighted by Crippen LogP contribution is -2.09. The van der Waals surface area contributed by atoms with E-state index in [0.717, 1.165) is 0 Å². The highest BCUT2D eigenvalue weighted by atomic mass is 16.1. The Morgan fingerprint density at radius 3 is 2.25 bits per heavy atom. The maximum absolute atomic E-state index is 10.6. The summed E-state index contributed by atoms with van der Waals surface area (Å²) in [5, 5.41) is 0. The first-order valence-electron chi connectivity index (χ1n) is 3.47. The highest BCUT2D eigenvalue weighted by Gasteiger charge is 2.11. The van der Waals surface area contributed by atoms with Gasteiger partial charge in [-0.25, -0.2) is 0 Å². The fourth-order valence-electron chi connectivity index (χ4n) is 0.592. The van der Waals surface area contributed by atoms with Crippen LogP contribution >= 0.6 is 0 Å². The second kappa shape index (κ2) is 2.29. The van der Waals surface area contributed by atoms with Crippen LogP contribution in [-0.4, -0.2) is 5.78 Å². The first kappa shape index (κ1) is 5.80. The van der Waals surface area contributed by atoms with Crippen LogP contribution in [-0.2, 0) is 4.79 Å². The Balaban J connectivity index is 3.60. The molecule has 0 bridgehead atoms. The van der Waals surface area contributed by atoms with Crippen molar-refractivity contribution in [2.75, 3.05) is 0 Å². The molecular weight excluding hydrogens is 100 g/mol. The zero-order valence-electron chi connectivity index (χ0n) is 6.82. The Hall–Kier alpha value is -0.330. The van der Waals surface area contributed by atoms with Crippen molar-refractivity contribution in [3.63, 3.8) is 0 Å². The Morgan fingerprint density at radius 2 is 2.12 bits per heavy atom. The molecule has 0 aliphatic heterocycles. The van der Waals surface area contributed by atoms with Crippen molar-refractivity contribution in [3.05, 3.63) is 0 Å². The standard InChI is InChI=1S/C7H14O/c1-6(8)5-7(2,3)4/h5H2,1-4H3/i1D. The van der Waals surface area contributed by atoms with Crippen molar-refractivity contribution < 1.29 is 6.17 Å². The van der Waals surface area contributed by atoms with Gasteiger partial charge in [-0.3, -0.25) is 0 Å². The van der Waals surface area contributed by atoms with Crippen molar-refractivity contribution in [1.29, 1.82) is 0 Å². The first-order chi connectivity index (χ1) is 3.95. The first-order valence-corrected chi connectivity index (χ1v) is 2.76. The predicted octanol–water partition coefficient (Wildman–Crippen LogP) is 2.01. The molecule has 0 N–H and O–H groups in total. The zero-order valence-corrected chi connectivity index (χ0v) is 5.82. The molecule has 0 aliphatic carbocycles. The van der Waals surface area contributed by atoms with Crippen LogP contribution < -0.4 is 0 Å². The van der Waals surface area contributed by atoms with E-state index in [9.17, 15) is 4.79 Å². The molecule has 0 unspecified atom stereocenters. The van der Waals surface area contributed by atoms with Gasteiger partial charge in [-0.05, 0) is 12.3 Å². The van der Waals surface area contributed by atoms with Crippen molar-refractivity contribution >= 4 is 5.78 Å². The van der Waals surface area contributed by atoms with Crippen molar-refractivity contribution in [2.24, 2.45) is 5.41 Å². The molecule has 0 aliphatic rings. The molecule has 0 spiro atoms. The monoisotopic (exact) mass is 115 g/mol. The summed E-state index contributed by atoms with van der Waals surface area (Å²) in [6.07, 6.45) is 0.524. The van der Waals surface area contributed by atoms with Gasteiger partial charge in [0, 0.05) is 7.79 Å². The van der Waals surface area contributed by atoms with Crippen molar-refractivity contribution in [1.82, 2.24) is 0 Å². The molecule has 1 heteroatoms. The summed E-state index contributed by atoms with van der Waals surface area (Å²) < 4.78 is 6.74. The zero-order chi connectivity index (χ0) is 7.49. The molecule has 0 rings (SSSR count). The number of Topliss-reactive ketones (excluding diaryl/α,β-unsaturated/α-hetero) is 1. The number of ketones is 1. The minimum Gasteiger partial charge on any atom is -0.300 e. The molecule has 0 fully saturated rings. The number of rotatable bonds is 1. The Morgan fingerprint density at radius 1 is 1.62 bits per heavy atom. The van der Waals surface area contributed by atoms with Gasteiger partial charge in [0.2, 0.25) is 0 Å². The van der Waals surface area contributed by atoms with Gasteiger partial charge in [0.05, 0.1) is 0 Å². The Bertz CT molecular complexity index is 102. The van der Waals surface area contributed by atoms with Crippen LogP contribution in [0.25, 0.3) is 0 Å². The van der Waals surface area contributed by atoms with Crippen LogP contribution in [0.5, 0.6) is 0 Å². The van der Waals surface area contributed by atoms with E-state index in [2.05, 4.69) is 0 Å². The molecular formula is C7H14O. The second-order valence-corrected chi connectivity index (χ2v) is 3.28. The van der Waals surface area contributed by atoms with E-state index in [0.29, 0.717) is 6.42 Å². The topological polar surface area (TPSA) is 17.1 Å². The number of carbonyl (C=O) groups is 1. The van der Waals surface area contributed by atoms with Crippen LogP contribution in [0, 0.1) is 5.41 Å². The maximum atomic E-state index is 10.6. The normalized spacial score (nSPS) is 13.1. The Kier molecular flexibility index (Phi) is 1.66. The van der Waals surface area contributed by atoms with E-state index in [1.165, 1.54) is 0 Å². The predicted molar refractivity (Wildman–Crippen MR) is 34.8 cm³/mol. The molecule has 48 valence electrons.